The summed E-state index contributed by atoms with van der Waals surface area (Å²) < 4.78 is 10.3. The number of hydrogen-bond acceptors (Lipinski definition) is 4. The van der Waals surface area contributed by atoms with Gasteiger partial charge in [0.15, 0.2) is 0 Å². The molecular weight excluding hydrogens is 282 g/mol. The second-order valence-corrected chi connectivity index (χ2v) is 4.45. The summed E-state index contributed by atoms with van der Waals surface area (Å²) >= 11 is 6.03. The fraction of sp³-hybridized carbons (Fsp3) is 0.214. The SMILES string of the molecule is COc1cccc(Cl)c1C(=O)NC(CO)c1ccco1. The first-order valence-electron chi connectivity index (χ1n) is 5.95. The van der Waals surface area contributed by atoms with Gasteiger partial charge in [0, 0.05) is 0 Å². The van der Waals surface area contributed by atoms with Crippen LogP contribution in [0.1, 0.15) is 22.2 Å². The third-order valence-corrected chi connectivity index (χ3v) is 3.11. The Morgan fingerprint density at radius 2 is 2.25 bits per heavy atom. The first-order valence-corrected chi connectivity index (χ1v) is 6.32. The third kappa shape index (κ3) is 2.95. The molecule has 106 valence electrons. The Kier molecular flexibility index (Phi) is 4.65. The van der Waals surface area contributed by atoms with Crippen LogP contribution in [0.4, 0.5) is 0 Å². The molecule has 1 aromatic heterocycles. The largest absolute Gasteiger partial charge is 0.496 e. The Hall–Kier alpha value is -1.98. The minimum absolute atomic E-state index is 0.224. The van der Waals surface area contributed by atoms with E-state index in [9.17, 15) is 9.90 Å². The van der Waals surface area contributed by atoms with Crippen LogP contribution in [0.15, 0.2) is 41.0 Å². The average molecular weight is 296 g/mol. The van der Waals surface area contributed by atoms with E-state index < -0.39 is 11.9 Å². The molecule has 0 radical (unpaired) electrons. The zero-order valence-electron chi connectivity index (χ0n) is 10.8. The second-order valence-electron chi connectivity index (χ2n) is 4.04. The van der Waals surface area contributed by atoms with Crippen LogP contribution >= 0.6 is 11.6 Å². The fourth-order valence-corrected chi connectivity index (χ4v) is 2.07. The summed E-state index contributed by atoms with van der Waals surface area (Å²) in [6.45, 7) is -0.286. The quantitative estimate of drug-likeness (QED) is 0.888. The highest BCUT2D eigenvalue weighted by Gasteiger charge is 2.21. The van der Waals surface area contributed by atoms with E-state index in [4.69, 9.17) is 20.8 Å². The third-order valence-electron chi connectivity index (χ3n) is 2.80. The van der Waals surface area contributed by atoms with Crippen LogP contribution < -0.4 is 10.1 Å². The van der Waals surface area contributed by atoms with Gasteiger partial charge in [-0.1, -0.05) is 17.7 Å². The highest BCUT2D eigenvalue weighted by atomic mass is 35.5. The number of hydrogen-bond donors (Lipinski definition) is 2. The molecule has 0 aliphatic carbocycles. The monoisotopic (exact) mass is 295 g/mol. The van der Waals surface area contributed by atoms with Crippen molar-refractivity contribution in [2.75, 3.05) is 13.7 Å². The molecule has 1 atom stereocenters. The van der Waals surface area contributed by atoms with Crippen molar-refractivity contribution in [3.05, 3.63) is 52.9 Å². The summed E-state index contributed by atoms with van der Waals surface area (Å²) in [4.78, 5) is 12.3. The summed E-state index contributed by atoms with van der Waals surface area (Å²) in [5.41, 5.74) is 0.224. The van der Waals surface area contributed by atoms with Gasteiger partial charge >= 0.3 is 0 Å². The van der Waals surface area contributed by atoms with Gasteiger partial charge in [-0.15, -0.1) is 0 Å². The molecule has 1 aromatic carbocycles. The first-order chi connectivity index (χ1) is 9.67. The molecule has 20 heavy (non-hydrogen) atoms. The van der Waals surface area contributed by atoms with E-state index in [1.807, 2.05) is 0 Å². The number of ether oxygens (including phenoxy) is 1. The van der Waals surface area contributed by atoms with Gasteiger partial charge in [-0.2, -0.15) is 0 Å². The van der Waals surface area contributed by atoms with Gasteiger partial charge in [0.2, 0.25) is 0 Å². The van der Waals surface area contributed by atoms with Crippen molar-refractivity contribution in [3.8, 4) is 5.75 Å². The van der Waals surface area contributed by atoms with Gasteiger partial charge < -0.3 is 19.6 Å². The molecule has 2 rings (SSSR count). The number of methoxy groups -OCH3 is 1. The van der Waals surface area contributed by atoms with E-state index in [1.54, 1.807) is 30.3 Å². The van der Waals surface area contributed by atoms with E-state index in [0.29, 0.717) is 11.5 Å². The van der Waals surface area contributed by atoms with Gasteiger partial charge in [0.25, 0.3) is 5.91 Å². The molecule has 0 spiro atoms. The normalized spacial score (nSPS) is 11.9. The lowest BCUT2D eigenvalue weighted by Gasteiger charge is -2.16. The Labute approximate surface area is 121 Å². The Balaban J connectivity index is 2.24. The Morgan fingerprint density at radius 1 is 1.45 bits per heavy atom. The van der Waals surface area contributed by atoms with E-state index in [-0.39, 0.29) is 17.2 Å². The van der Waals surface area contributed by atoms with Crippen molar-refractivity contribution in [2.24, 2.45) is 0 Å². The number of rotatable bonds is 5. The molecule has 2 aromatic rings. The number of halogens is 1. The van der Waals surface area contributed by atoms with E-state index in [0.717, 1.165) is 0 Å². The smallest absolute Gasteiger partial charge is 0.257 e. The van der Waals surface area contributed by atoms with Gasteiger partial charge in [-0.05, 0) is 24.3 Å². The van der Waals surface area contributed by atoms with Gasteiger partial charge in [0.1, 0.15) is 17.6 Å². The van der Waals surface area contributed by atoms with Crippen molar-refractivity contribution < 1.29 is 19.1 Å². The second kappa shape index (κ2) is 6.45. The summed E-state index contributed by atoms with van der Waals surface area (Å²) in [7, 11) is 1.46. The van der Waals surface area contributed by atoms with Crippen LogP contribution in [0.25, 0.3) is 0 Å². The number of amides is 1. The van der Waals surface area contributed by atoms with Crippen molar-refractivity contribution in [1.29, 1.82) is 0 Å². The summed E-state index contributed by atoms with van der Waals surface area (Å²) in [6.07, 6.45) is 1.47. The molecule has 0 saturated carbocycles. The summed E-state index contributed by atoms with van der Waals surface area (Å²) in [5, 5.41) is 12.3. The van der Waals surface area contributed by atoms with E-state index in [1.165, 1.54) is 13.4 Å². The molecule has 1 heterocycles. The number of aliphatic hydroxyl groups excluding tert-OH is 1. The zero-order chi connectivity index (χ0) is 14.5. The van der Waals surface area contributed by atoms with Crippen molar-refractivity contribution in [1.82, 2.24) is 5.32 Å². The van der Waals surface area contributed by atoms with Crippen LogP contribution in [0.5, 0.6) is 5.75 Å². The van der Waals surface area contributed by atoms with Gasteiger partial charge in [0.05, 0.1) is 30.6 Å². The number of aliphatic hydroxyl groups is 1. The Morgan fingerprint density at radius 3 is 2.85 bits per heavy atom. The maximum absolute atomic E-state index is 12.3. The standard InChI is InChI=1S/C14H14ClNO4/c1-19-12-5-2-4-9(15)13(12)14(18)16-10(8-17)11-6-3-7-20-11/h2-7,10,17H,8H2,1H3,(H,16,18). The molecule has 0 aliphatic rings. The number of furan rings is 1. The van der Waals surface area contributed by atoms with Crippen LogP contribution in [-0.4, -0.2) is 24.7 Å². The fourth-order valence-electron chi connectivity index (χ4n) is 1.82. The van der Waals surface area contributed by atoms with Crippen molar-refractivity contribution in [3.63, 3.8) is 0 Å². The molecule has 0 fully saturated rings. The molecule has 0 saturated heterocycles. The lowest BCUT2D eigenvalue weighted by atomic mass is 10.1. The molecule has 6 heteroatoms. The van der Waals surface area contributed by atoms with E-state index in [2.05, 4.69) is 5.32 Å². The summed E-state index contributed by atoms with van der Waals surface area (Å²) in [5.74, 6) is 0.390. The number of carbonyl (C=O) groups excluding carboxylic acids is 1. The average Bonchev–Trinajstić information content (AvgIpc) is 2.98. The maximum Gasteiger partial charge on any atom is 0.257 e. The minimum atomic E-state index is -0.640. The van der Waals surface area contributed by atoms with Crippen LogP contribution in [0.3, 0.4) is 0 Å². The topological polar surface area (TPSA) is 71.7 Å². The van der Waals surface area contributed by atoms with Crippen LogP contribution in [-0.2, 0) is 0 Å². The molecule has 5 nitrogen and oxygen atoms in total. The van der Waals surface area contributed by atoms with Crippen LogP contribution in [0, 0.1) is 0 Å². The van der Waals surface area contributed by atoms with Crippen LogP contribution in [0.2, 0.25) is 5.02 Å². The van der Waals surface area contributed by atoms with Gasteiger partial charge in [-0.25, -0.2) is 0 Å². The molecule has 1 amide bonds. The van der Waals surface area contributed by atoms with Crippen molar-refractivity contribution >= 4 is 17.5 Å². The predicted molar refractivity (Wildman–Crippen MR) is 74.0 cm³/mol. The van der Waals surface area contributed by atoms with Gasteiger partial charge in [-0.3, -0.25) is 4.79 Å². The minimum Gasteiger partial charge on any atom is -0.496 e. The number of benzene rings is 1. The molecule has 0 aliphatic heterocycles. The first kappa shape index (κ1) is 14.4. The lowest BCUT2D eigenvalue weighted by molar-refractivity contribution is 0.0904. The number of nitrogens with one attached hydrogen (secondary N) is 1. The molecule has 2 N–H and O–H groups in total. The highest BCUT2D eigenvalue weighted by molar-refractivity contribution is 6.34. The number of carbonyl (C=O) groups is 1. The molecule has 0 bridgehead atoms. The zero-order valence-corrected chi connectivity index (χ0v) is 11.6. The van der Waals surface area contributed by atoms with E-state index >= 15 is 0 Å². The lowest BCUT2D eigenvalue weighted by Crippen LogP contribution is -2.31. The predicted octanol–water partition coefficient (Wildman–Crippen LogP) is 2.41. The maximum atomic E-state index is 12.3. The molecular formula is C14H14ClNO4. The van der Waals surface area contributed by atoms with Crippen molar-refractivity contribution in [2.45, 2.75) is 6.04 Å². The molecule has 1 unspecified atom stereocenters. The summed E-state index contributed by atoms with van der Waals surface area (Å²) in [6, 6.07) is 7.64. The Bertz CT molecular complexity index is 583. The highest BCUT2D eigenvalue weighted by Crippen LogP contribution is 2.27.